The zero-order valence-corrected chi connectivity index (χ0v) is 12.1. The highest BCUT2D eigenvalue weighted by molar-refractivity contribution is 5.98. The van der Waals surface area contributed by atoms with Crippen LogP contribution in [0.1, 0.15) is 36.0 Å². The van der Waals surface area contributed by atoms with E-state index in [1.165, 1.54) is 14.2 Å². The van der Waals surface area contributed by atoms with Crippen LogP contribution in [0, 0.1) is 0 Å². The summed E-state index contributed by atoms with van der Waals surface area (Å²) in [4.78, 5) is 23.4. The van der Waals surface area contributed by atoms with Crippen LogP contribution < -0.4 is 14.8 Å². The average molecular weight is 293 g/mol. The summed E-state index contributed by atoms with van der Waals surface area (Å²) in [6.07, 6.45) is 2.21. The highest BCUT2D eigenvalue weighted by atomic mass is 16.5. The molecule has 1 saturated carbocycles. The van der Waals surface area contributed by atoms with Crippen LogP contribution in [-0.2, 0) is 4.79 Å². The first kappa shape index (κ1) is 15.2. The van der Waals surface area contributed by atoms with E-state index < -0.39 is 11.5 Å². The van der Waals surface area contributed by atoms with Gasteiger partial charge in [0, 0.05) is 0 Å². The van der Waals surface area contributed by atoms with Gasteiger partial charge in [0.05, 0.1) is 31.7 Å². The summed E-state index contributed by atoms with van der Waals surface area (Å²) in [7, 11) is 2.96. The van der Waals surface area contributed by atoms with Crippen molar-refractivity contribution < 1.29 is 24.2 Å². The number of benzene rings is 1. The van der Waals surface area contributed by atoms with Gasteiger partial charge in [-0.15, -0.1) is 0 Å². The molecular weight excluding hydrogens is 274 g/mol. The van der Waals surface area contributed by atoms with Crippen molar-refractivity contribution >= 4 is 11.9 Å². The van der Waals surface area contributed by atoms with Crippen LogP contribution in [0.2, 0.25) is 0 Å². The minimum Gasteiger partial charge on any atom is -0.493 e. The van der Waals surface area contributed by atoms with Crippen LogP contribution in [0.4, 0.5) is 0 Å². The molecule has 0 aliphatic heterocycles. The summed E-state index contributed by atoms with van der Waals surface area (Å²) in [5.74, 6) is -0.437. The monoisotopic (exact) mass is 293 g/mol. The fourth-order valence-electron chi connectivity index (χ4n) is 2.61. The zero-order chi connectivity index (χ0) is 15.5. The van der Waals surface area contributed by atoms with E-state index in [-0.39, 0.29) is 12.3 Å². The Labute approximate surface area is 123 Å². The SMILES string of the molecule is COc1cccc(C(=O)NC2(CC(=O)O)CCC2)c1OC. The molecule has 1 amide bonds. The van der Waals surface area contributed by atoms with Gasteiger partial charge in [-0.05, 0) is 31.4 Å². The van der Waals surface area contributed by atoms with Gasteiger partial charge < -0.3 is 19.9 Å². The highest BCUT2D eigenvalue weighted by Crippen LogP contribution is 2.36. The quantitative estimate of drug-likeness (QED) is 0.836. The molecule has 0 bridgehead atoms. The second kappa shape index (κ2) is 6.03. The molecule has 114 valence electrons. The van der Waals surface area contributed by atoms with E-state index in [0.29, 0.717) is 29.9 Å². The van der Waals surface area contributed by atoms with Gasteiger partial charge in [0.25, 0.3) is 5.91 Å². The Balaban J connectivity index is 2.22. The largest absolute Gasteiger partial charge is 0.493 e. The van der Waals surface area contributed by atoms with Crippen LogP contribution in [0.5, 0.6) is 11.5 Å². The van der Waals surface area contributed by atoms with Crippen LogP contribution in [0.25, 0.3) is 0 Å². The van der Waals surface area contributed by atoms with Crippen molar-refractivity contribution in [3.8, 4) is 11.5 Å². The second-order valence-electron chi connectivity index (χ2n) is 5.20. The number of aliphatic carboxylic acids is 1. The number of hydrogen-bond acceptors (Lipinski definition) is 4. The van der Waals surface area contributed by atoms with E-state index in [4.69, 9.17) is 14.6 Å². The number of carbonyl (C=O) groups is 2. The maximum absolute atomic E-state index is 12.4. The minimum atomic E-state index is -0.910. The van der Waals surface area contributed by atoms with Gasteiger partial charge in [0.15, 0.2) is 11.5 Å². The first-order valence-electron chi connectivity index (χ1n) is 6.76. The number of methoxy groups -OCH3 is 2. The Kier molecular flexibility index (Phi) is 4.35. The number of nitrogens with one attached hydrogen (secondary N) is 1. The third-order valence-electron chi connectivity index (χ3n) is 3.83. The van der Waals surface area contributed by atoms with Gasteiger partial charge in [-0.2, -0.15) is 0 Å². The lowest BCUT2D eigenvalue weighted by Gasteiger charge is -2.41. The van der Waals surface area contributed by atoms with E-state index in [9.17, 15) is 9.59 Å². The van der Waals surface area contributed by atoms with Gasteiger partial charge >= 0.3 is 5.97 Å². The molecule has 1 aromatic rings. The summed E-state index contributed by atoms with van der Waals surface area (Å²) in [6, 6.07) is 5.02. The lowest BCUT2D eigenvalue weighted by Crippen LogP contribution is -2.54. The molecule has 6 nitrogen and oxygen atoms in total. The van der Waals surface area contributed by atoms with Crippen molar-refractivity contribution in [1.82, 2.24) is 5.32 Å². The van der Waals surface area contributed by atoms with Crippen molar-refractivity contribution in [3.05, 3.63) is 23.8 Å². The molecule has 2 N–H and O–H groups in total. The van der Waals surface area contributed by atoms with E-state index in [1.807, 2.05) is 0 Å². The zero-order valence-electron chi connectivity index (χ0n) is 12.1. The maximum atomic E-state index is 12.4. The normalized spacial score (nSPS) is 15.7. The van der Waals surface area contributed by atoms with Gasteiger partial charge in [0.1, 0.15) is 0 Å². The van der Waals surface area contributed by atoms with Gasteiger partial charge in [0.2, 0.25) is 0 Å². The standard InChI is InChI=1S/C15H19NO5/c1-20-11-6-3-5-10(13(11)21-2)14(19)16-15(7-4-8-15)9-12(17)18/h3,5-6H,4,7-9H2,1-2H3,(H,16,19)(H,17,18). The molecule has 1 aromatic carbocycles. The van der Waals surface area contributed by atoms with E-state index in [0.717, 1.165) is 6.42 Å². The first-order valence-corrected chi connectivity index (χ1v) is 6.76. The molecular formula is C15H19NO5. The molecule has 0 heterocycles. The molecule has 0 atom stereocenters. The smallest absolute Gasteiger partial charge is 0.305 e. The Morgan fingerprint density at radius 3 is 2.48 bits per heavy atom. The number of carboxylic acid groups (broad SMARTS) is 1. The van der Waals surface area contributed by atoms with Crippen molar-refractivity contribution in [2.24, 2.45) is 0 Å². The Hall–Kier alpha value is -2.24. The molecule has 0 aromatic heterocycles. The van der Waals surface area contributed by atoms with E-state index in [2.05, 4.69) is 5.32 Å². The molecule has 21 heavy (non-hydrogen) atoms. The number of rotatable bonds is 6. The third-order valence-corrected chi connectivity index (χ3v) is 3.83. The van der Waals surface area contributed by atoms with Gasteiger partial charge in [-0.3, -0.25) is 9.59 Å². The Bertz CT molecular complexity index is 551. The predicted octanol–water partition coefficient (Wildman–Crippen LogP) is 1.83. The fourth-order valence-corrected chi connectivity index (χ4v) is 2.61. The van der Waals surface area contributed by atoms with Crippen molar-refractivity contribution in [2.75, 3.05) is 14.2 Å². The fraction of sp³-hybridized carbons (Fsp3) is 0.467. The molecule has 1 aliphatic carbocycles. The molecule has 1 fully saturated rings. The number of amides is 1. The number of ether oxygens (including phenoxy) is 2. The Morgan fingerprint density at radius 2 is 2.00 bits per heavy atom. The number of carboxylic acids is 1. The molecule has 0 spiro atoms. The topological polar surface area (TPSA) is 84.9 Å². The van der Waals surface area contributed by atoms with Crippen LogP contribution in [-0.4, -0.2) is 36.7 Å². The molecule has 1 aliphatic rings. The highest BCUT2D eigenvalue weighted by Gasteiger charge is 2.40. The molecule has 0 unspecified atom stereocenters. The lowest BCUT2D eigenvalue weighted by atomic mass is 9.74. The van der Waals surface area contributed by atoms with Crippen LogP contribution >= 0.6 is 0 Å². The molecule has 2 rings (SSSR count). The van der Waals surface area contributed by atoms with Crippen LogP contribution in [0.3, 0.4) is 0 Å². The van der Waals surface area contributed by atoms with E-state index >= 15 is 0 Å². The van der Waals surface area contributed by atoms with Crippen LogP contribution in [0.15, 0.2) is 18.2 Å². The summed E-state index contributed by atoms with van der Waals surface area (Å²) in [5, 5.41) is 11.8. The second-order valence-corrected chi connectivity index (χ2v) is 5.20. The van der Waals surface area contributed by atoms with Crippen molar-refractivity contribution in [2.45, 2.75) is 31.2 Å². The third kappa shape index (κ3) is 3.09. The maximum Gasteiger partial charge on any atom is 0.305 e. The molecule has 0 radical (unpaired) electrons. The van der Waals surface area contributed by atoms with E-state index in [1.54, 1.807) is 18.2 Å². The summed E-state index contributed by atoms with van der Waals surface area (Å²) in [6.45, 7) is 0. The summed E-state index contributed by atoms with van der Waals surface area (Å²) < 4.78 is 10.4. The number of hydrogen-bond donors (Lipinski definition) is 2. The number of para-hydroxylation sites is 1. The van der Waals surface area contributed by atoms with Crippen molar-refractivity contribution in [3.63, 3.8) is 0 Å². The lowest BCUT2D eigenvalue weighted by molar-refractivity contribution is -0.139. The first-order chi connectivity index (χ1) is 10.0. The Morgan fingerprint density at radius 1 is 1.29 bits per heavy atom. The summed E-state index contributed by atoms with van der Waals surface area (Å²) in [5.41, 5.74) is -0.301. The molecule has 0 saturated heterocycles. The predicted molar refractivity (Wildman–Crippen MR) is 75.8 cm³/mol. The van der Waals surface area contributed by atoms with Gasteiger partial charge in [-0.1, -0.05) is 6.07 Å². The van der Waals surface area contributed by atoms with Crippen molar-refractivity contribution in [1.29, 1.82) is 0 Å². The number of carbonyl (C=O) groups excluding carboxylic acids is 1. The summed E-state index contributed by atoms with van der Waals surface area (Å²) >= 11 is 0. The molecule has 6 heteroatoms. The minimum absolute atomic E-state index is 0.0645. The van der Waals surface area contributed by atoms with Gasteiger partial charge in [-0.25, -0.2) is 0 Å². The average Bonchev–Trinajstić information content (AvgIpc) is 2.43.